The van der Waals surface area contributed by atoms with E-state index >= 15 is 0 Å². The second kappa shape index (κ2) is 9.32. The van der Waals surface area contributed by atoms with E-state index in [9.17, 15) is 40.5 Å². The lowest BCUT2D eigenvalue weighted by Gasteiger charge is -2.18. The highest BCUT2D eigenvalue weighted by molar-refractivity contribution is 5.50. The number of ether oxygens (including phenoxy) is 1. The Kier molecular flexibility index (Phi) is 6.84. The first-order valence-electron chi connectivity index (χ1n) is 8.41. The van der Waals surface area contributed by atoms with E-state index in [1.807, 2.05) is 0 Å². The van der Waals surface area contributed by atoms with Crippen LogP contribution in [0, 0.1) is 40.5 Å². The van der Waals surface area contributed by atoms with Crippen LogP contribution in [-0.4, -0.2) is 31.4 Å². The fraction of sp³-hybridized carbons (Fsp3) is 0.111. The molecule has 0 unspecified atom stereocenters. The molecular formula is C18H14N4O9. The van der Waals surface area contributed by atoms with E-state index in [1.54, 1.807) is 12.1 Å². The molecule has 0 amide bonds. The highest BCUT2D eigenvalue weighted by Gasteiger charge is 2.72. The summed E-state index contributed by atoms with van der Waals surface area (Å²) in [5.74, 6) is -7.64. The van der Waals surface area contributed by atoms with Crippen molar-refractivity contribution < 1.29 is 24.4 Å². The van der Waals surface area contributed by atoms with E-state index in [0.29, 0.717) is 12.2 Å². The van der Waals surface area contributed by atoms with E-state index in [4.69, 9.17) is 0 Å². The van der Waals surface area contributed by atoms with Gasteiger partial charge in [-0.1, -0.05) is 60.7 Å². The van der Waals surface area contributed by atoms with Crippen LogP contribution in [0.4, 0.5) is 0 Å². The van der Waals surface area contributed by atoms with E-state index < -0.39 is 31.4 Å². The number of rotatable bonds is 10. The summed E-state index contributed by atoms with van der Waals surface area (Å²) in [5.41, 5.74) is 0.513. The highest BCUT2D eigenvalue weighted by Crippen LogP contribution is 2.28. The quantitative estimate of drug-likeness (QED) is 0.311. The summed E-state index contributed by atoms with van der Waals surface area (Å²) < 4.78 is 4.55. The minimum Gasteiger partial charge on any atom is -0.256 e. The third-order valence-corrected chi connectivity index (χ3v) is 3.93. The lowest BCUT2D eigenvalue weighted by molar-refractivity contribution is -0.915. The van der Waals surface area contributed by atoms with Gasteiger partial charge in [0.2, 0.25) is 0 Å². The number of hydrogen-bond donors (Lipinski definition) is 0. The predicted octanol–water partition coefficient (Wildman–Crippen LogP) is 2.84. The summed E-state index contributed by atoms with van der Waals surface area (Å²) in [6.45, 7) is 0. The van der Waals surface area contributed by atoms with Crippen molar-refractivity contribution in [2.24, 2.45) is 0 Å². The highest BCUT2D eigenvalue weighted by atomic mass is 16.8. The number of nitro groups is 4. The Morgan fingerprint density at radius 2 is 0.871 bits per heavy atom. The van der Waals surface area contributed by atoms with Crippen molar-refractivity contribution in [2.75, 3.05) is 0 Å². The molecule has 2 aromatic carbocycles. The Balaban J connectivity index is 2.62. The number of nitrogens with zero attached hydrogens (tertiary/aromatic N) is 4. The Labute approximate surface area is 173 Å². The molecule has 0 saturated heterocycles. The van der Waals surface area contributed by atoms with Crippen molar-refractivity contribution in [1.29, 1.82) is 0 Å². The van der Waals surface area contributed by atoms with Crippen LogP contribution in [-0.2, 0) is 4.74 Å². The average Bonchev–Trinajstić information content (AvgIpc) is 2.74. The number of hydrogen-bond acceptors (Lipinski definition) is 9. The molecule has 0 heterocycles. The maximum absolute atomic E-state index is 11.6. The third kappa shape index (κ3) is 4.91. The Hall–Kier alpha value is -4.52. The van der Waals surface area contributed by atoms with E-state index in [1.165, 1.54) is 48.5 Å². The van der Waals surface area contributed by atoms with Crippen LogP contribution in [0.5, 0.6) is 0 Å². The van der Waals surface area contributed by atoms with Crippen LogP contribution in [0.1, 0.15) is 11.1 Å². The molecule has 0 spiro atoms. The predicted molar refractivity (Wildman–Crippen MR) is 105 cm³/mol. The molecule has 0 bridgehead atoms. The molecule has 13 heteroatoms. The lowest BCUT2D eigenvalue weighted by Crippen LogP contribution is -2.59. The summed E-state index contributed by atoms with van der Waals surface area (Å²) in [7, 11) is 0. The molecule has 0 aliphatic carbocycles. The molecule has 0 aliphatic rings. The van der Waals surface area contributed by atoms with Crippen molar-refractivity contribution >= 4 is 12.2 Å². The molecular weight excluding hydrogens is 416 g/mol. The molecule has 0 saturated carbocycles. The SMILES string of the molecule is O=[N+]([O-])C(C=Cc1ccccc1)(OC(C=Cc1ccccc1)([N+](=O)[O-])[N+](=O)[O-])[N+](=O)[O-]. The van der Waals surface area contributed by atoms with Crippen LogP contribution in [0.25, 0.3) is 12.2 Å². The molecule has 31 heavy (non-hydrogen) atoms. The van der Waals surface area contributed by atoms with Crippen molar-refractivity contribution in [3.63, 3.8) is 0 Å². The summed E-state index contributed by atoms with van der Waals surface area (Å²) >= 11 is 0. The normalized spacial score (nSPS) is 12.1. The van der Waals surface area contributed by atoms with Crippen LogP contribution in [0.3, 0.4) is 0 Å². The van der Waals surface area contributed by atoms with Gasteiger partial charge in [0.15, 0.2) is 0 Å². The molecule has 0 N–H and O–H groups in total. The molecule has 2 rings (SSSR count). The zero-order valence-electron chi connectivity index (χ0n) is 15.5. The van der Waals surface area contributed by atoms with Gasteiger partial charge >= 0.3 is 11.7 Å². The minimum absolute atomic E-state index is 0.256. The number of benzene rings is 2. The maximum atomic E-state index is 11.6. The molecule has 0 atom stereocenters. The van der Waals surface area contributed by atoms with E-state index in [-0.39, 0.29) is 11.1 Å². The van der Waals surface area contributed by atoms with Gasteiger partial charge in [-0.05, 0) is 23.3 Å². The van der Waals surface area contributed by atoms with Crippen LogP contribution >= 0.6 is 0 Å². The van der Waals surface area contributed by atoms with Gasteiger partial charge in [0, 0.05) is 0 Å². The Morgan fingerprint density at radius 1 is 0.581 bits per heavy atom. The van der Waals surface area contributed by atoms with Crippen molar-refractivity contribution in [2.45, 2.75) is 11.7 Å². The second-order valence-corrected chi connectivity index (χ2v) is 5.94. The molecule has 0 fully saturated rings. The molecule has 13 nitrogen and oxygen atoms in total. The fourth-order valence-electron chi connectivity index (χ4n) is 2.35. The first kappa shape index (κ1) is 22.8. The molecule has 2 aromatic rings. The van der Waals surface area contributed by atoms with E-state index in [2.05, 4.69) is 4.74 Å². The zero-order valence-corrected chi connectivity index (χ0v) is 15.5. The van der Waals surface area contributed by atoms with Crippen molar-refractivity contribution in [3.8, 4) is 0 Å². The standard InChI is InChI=1S/C18H14N4O9/c23-19(24)17(20(25)26,13-11-15-7-3-1-4-8-15)31-18(21(27)28,22(29)30)14-12-16-9-5-2-6-10-16/h1-14H. The summed E-state index contributed by atoms with van der Waals surface area (Å²) in [4.78, 5) is 40.0. The Morgan fingerprint density at radius 3 is 1.13 bits per heavy atom. The van der Waals surface area contributed by atoms with Crippen molar-refractivity contribution in [3.05, 3.63) is 124 Å². The summed E-state index contributed by atoms with van der Waals surface area (Å²) in [5, 5.41) is 46.4. The zero-order chi connectivity index (χ0) is 23.1. The first-order valence-corrected chi connectivity index (χ1v) is 8.41. The van der Waals surface area contributed by atoms with Crippen LogP contribution < -0.4 is 0 Å². The van der Waals surface area contributed by atoms with Crippen molar-refractivity contribution in [1.82, 2.24) is 0 Å². The summed E-state index contributed by atoms with van der Waals surface area (Å²) in [6, 6.07) is 15.1. The van der Waals surface area contributed by atoms with Gasteiger partial charge in [-0.3, -0.25) is 40.5 Å². The lowest BCUT2D eigenvalue weighted by atomic mass is 10.2. The van der Waals surface area contributed by atoms with E-state index in [0.717, 1.165) is 12.2 Å². The molecule has 160 valence electrons. The second-order valence-electron chi connectivity index (χ2n) is 5.94. The first-order chi connectivity index (χ1) is 14.6. The van der Waals surface area contributed by atoms with Gasteiger partial charge < -0.3 is 0 Å². The molecule has 0 aliphatic heterocycles. The van der Waals surface area contributed by atoms with Gasteiger partial charge in [-0.25, -0.2) is 0 Å². The smallest absolute Gasteiger partial charge is 0.256 e. The van der Waals surface area contributed by atoms with Gasteiger partial charge in [0.1, 0.15) is 31.8 Å². The maximum Gasteiger partial charge on any atom is 0.610 e. The third-order valence-electron chi connectivity index (χ3n) is 3.93. The molecule has 0 radical (unpaired) electrons. The van der Waals surface area contributed by atoms with Crippen LogP contribution in [0.15, 0.2) is 72.8 Å². The summed E-state index contributed by atoms with van der Waals surface area (Å²) in [6.07, 6.45) is 2.41. The van der Waals surface area contributed by atoms with Gasteiger partial charge in [-0.2, -0.15) is 0 Å². The van der Waals surface area contributed by atoms with Gasteiger partial charge in [-0.15, -0.1) is 4.74 Å². The monoisotopic (exact) mass is 430 g/mol. The fourth-order valence-corrected chi connectivity index (χ4v) is 2.35. The largest absolute Gasteiger partial charge is 0.610 e. The minimum atomic E-state index is -3.82. The average molecular weight is 430 g/mol. The topological polar surface area (TPSA) is 182 Å². The van der Waals surface area contributed by atoms with Gasteiger partial charge in [0.05, 0.1) is 0 Å². The van der Waals surface area contributed by atoms with Crippen LogP contribution in [0.2, 0.25) is 0 Å². The van der Waals surface area contributed by atoms with Gasteiger partial charge in [0.25, 0.3) is 0 Å². The Bertz CT molecular complexity index is 927. The molecule has 0 aromatic heterocycles.